The molecule has 2 aliphatic carbocycles. The average Bonchev–Trinajstić information content (AvgIpc) is 3.82. The Morgan fingerprint density at radius 3 is 1.60 bits per heavy atom. The van der Waals surface area contributed by atoms with E-state index in [1.165, 1.54) is 63.3 Å². The first kappa shape index (κ1) is 32.3. The van der Waals surface area contributed by atoms with Crippen molar-refractivity contribution >= 4 is 33.7 Å². The molecule has 50 heavy (non-hydrogen) atoms. The second-order valence-corrected chi connectivity index (χ2v) is 14.1. The molecule has 2 saturated carbocycles. The topological polar surface area (TPSA) is 143 Å². The van der Waals surface area contributed by atoms with Crippen molar-refractivity contribution in [1.29, 1.82) is 0 Å². The van der Waals surface area contributed by atoms with E-state index >= 15 is 0 Å². The second-order valence-electron chi connectivity index (χ2n) is 14.1. The Morgan fingerprint density at radius 2 is 1.14 bits per heavy atom. The molecule has 3 fully saturated rings. The van der Waals surface area contributed by atoms with Gasteiger partial charge in [-0.2, -0.15) is 0 Å². The van der Waals surface area contributed by atoms with Crippen molar-refractivity contribution in [3.63, 3.8) is 0 Å². The molecule has 0 bridgehead atoms. The van der Waals surface area contributed by atoms with E-state index in [9.17, 15) is 8.78 Å². The Hall–Kier alpha value is -4.94. The lowest BCUT2D eigenvalue weighted by atomic mass is 9.79. The highest BCUT2D eigenvalue weighted by molar-refractivity contribution is 6.01. The molecule has 0 spiro atoms. The van der Waals surface area contributed by atoms with Gasteiger partial charge in [-0.25, -0.2) is 28.7 Å². The van der Waals surface area contributed by atoms with Crippen LogP contribution in [0.1, 0.15) is 50.6 Å². The van der Waals surface area contributed by atoms with Crippen molar-refractivity contribution in [2.45, 2.75) is 50.6 Å². The number of nitrogen functional groups attached to an aromatic ring is 2. The minimum Gasteiger partial charge on any atom is -0.383 e. The standard InChI is InChI=1S/C21H24FN5.C17H18FN5/c22-16-5-3-4-15(10-16)18-12-27(21-19(18)20(23)24-13-25-21)17-8-14(9-17)11-26-6-1-2-7-26;18-12-3-1-2-11(6-12)14-8-23(13-4-10(5-13)7-19)17-15(14)16(20)21-9-22-17/h3-5,10,12-14,17H,1-2,6-9,11H2,(H2,23,24,25);1-3,6,8-10,13H,4-5,7,19H2,(H2,20,21,22). The summed E-state index contributed by atoms with van der Waals surface area (Å²) in [5, 5.41) is 1.61. The molecule has 0 unspecified atom stereocenters. The van der Waals surface area contributed by atoms with Gasteiger partial charge >= 0.3 is 0 Å². The number of anilines is 2. The number of halogens is 2. The fourth-order valence-electron chi connectivity index (χ4n) is 8.05. The molecule has 0 amide bonds. The van der Waals surface area contributed by atoms with Crippen LogP contribution in [-0.2, 0) is 0 Å². The van der Waals surface area contributed by atoms with E-state index in [0.29, 0.717) is 36.2 Å². The van der Waals surface area contributed by atoms with Gasteiger partial charge < -0.3 is 31.2 Å². The van der Waals surface area contributed by atoms with Gasteiger partial charge in [0, 0.05) is 42.1 Å². The summed E-state index contributed by atoms with van der Waals surface area (Å²) >= 11 is 0. The fraction of sp³-hybridized carbons (Fsp3) is 0.368. The minimum absolute atomic E-state index is 0.252. The van der Waals surface area contributed by atoms with Gasteiger partial charge in [0.15, 0.2) is 0 Å². The van der Waals surface area contributed by atoms with Crippen molar-refractivity contribution in [1.82, 2.24) is 34.0 Å². The van der Waals surface area contributed by atoms with E-state index < -0.39 is 0 Å². The van der Waals surface area contributed by atoms with E-state index in [-0.39, 0.29) is 11.6 Å². The van der Waals surface area contributed by atoms with Gasteiger partial charge in [-0.05, 0) is 105 Å². The van der Waals surface area contributed by atoms with E-state index in [2.05, 4.69) is 40.2 Å². The highest BCUT2D eigenvalue weighted by atomic mass is 19.1. The number of likely N-dealkylation sites (tertiary alicyclic amines) is 1. The molecule has 6 aromatic rings. The molecule has 12 heteroatoms. The monoisotopic (exact) mass is 676 g/mol. The Bertz CT molecular complexity index is 2140. The molecule has 1 saturated heterocycles. The summed E-state index contributed by atoms with van der Waals surface area (Å²) in [7, 11) is 0. The zero-order valence-electron chi connectivity index (χ0n) is 27.9. The number of aromatic nitrogens is 6. The molecule has 9 rings (SSSR count). The third kappa shape index (κ3) is 6.07. The highest BCUT2D eigenvalue weighted by Crippen LogP contribution is 2.44. The molecule has 0 atom stereocenters. The molecule has 6 N–H and O–H groups in total. The predicted molar refractivity (Wildman–Crippen MR) is 193 cm³/mol. The van der Waals surface area contributed by atoms with Crippen LogP contribution >= 0.6 is 0 Å². The third-order valence-corrected chi connectivity index (χ3v) is 10.8. The zero-order valence-corrected chi connectivity index (χ0v) is 27.9. The van der Waals surface area contributed by atoms with Crippen molar-refractivity contribution < 1.29 is 8.78 Å². The van der Waals surface area contributed by atoms with Gasteiger partial charge in [0.05, 0.1) is 10.8 Å². The number of fused-ring (bicyclic) bond motifs is 2. The van der Waals surface area contributed by atoms with Gasteiger partial charge in [0.1, 0.15) is 47.2 Å². The number of nitrogens with two attached hydrogens (primary N) is 3. The van der Waals surface area contributed by atoms with Crippen LogP contribution in [0.2, 0.25) is 0 Å². The van der Waals surface area contributed by atoms with E-state index in [1.807, 2.05) is 18.3 Å². The van der Waals surface area contributed by atoms with Gasteiger partial charge in [0.2, 0.25) is 0 Å². The zero-order chi connectivity index (χ0) is 34.4. The predicted octanol–water partition coefficient (Wildman–Crippen LogP) is 6.60. The lowest BCUT2D eigenvalue weighted by molar-refractivity contribution is 0.145. The van der Waals surface area contributed by atoms with Crippen LogP contribution < -0.4 is 17.2 Å². The molecule has 3 aliphatic rings. The maximum absolute atomic E-state index is 13.8. The number of rotatable bonds is 7. The van der Waals surface area contributed by atoms with Crippen LogP contribution in [0.5, 0.6) is 0 Å². The second kappa shape index (κ2) is 13.4. The summed E-state index contributed by atoms with van der Waals surface area (Å²) in [6.45, 7) is 4.43. The first-order valence-electron chi connectivity index (χ1n) is 17.5. The van der Waals surface area contributed by atoms with Crippen LogP contribution in [0.25, 0.3) is 44.3 Å². The van der Waals surface area contributed by atoms with Crippen molar-refractivity contribution in [3.05, 3.63) is 85.2 Å². The largest absolute Gasteiger partial charge is 0.383 e. The van der Waals surface area contributed by atoms with Crippen LogP contribution in [0.4, 0.5) is 20.4 Å². The minimum atomic E-state index is -0.273. The van der Waals surface area contributed by atoms with Crippen molar-refractivity contribution in [2.75, 3.05) is 37.6 Å². The first-order valence-corrected chi connectivity index (χ1v) is 17.5. The summed E-state index contributed by atoms with van der Waals surface area (Å²) in [5.41, 5.74) is 23.0. The van der Waals surface area contributed by atoms with Crippen LogP contribution in [0, 0.1) is 23.5 Å². The van der Waals surface area contributed by atoms with Gasteiger partial charge in [-0.1, -0.05) is 24.3 Å². The molecular weight excluding hydrogens is 634 g/mol. The van der Waals surface area contributed by atoms with Crippen LogP contribution in [0.15, 0.2) is 73.6 Å². The lowest BCUT2D eigenvalue weighted by Crippen LogP contribution is -2.35. The number of nitrogens with zero attached hydrogens (tertiary/aromatic N) is 7. The summed E-state index contributed by atoms with van der Waals surface area (Å²) in [5.74, 6) is 1.66. The molecule has 5 heterocycles. The average molecular weight is 677 g/mol. The van der Waals surface area contributed by atoms with Crippen molar-refractivity contribution in [3.8, 4) is 22.3 Å². The molecule has 4 aromatic heterocycles. The SMILES string of the molecule is NCC1CC(n2cc(-c3cccc(F)c3)c3c(N)ncnc32)C1.Nc1ncnc2c1c(-c1cccc(F)c1)cn2C1CC(CN2CCCC2)C1. The number of benzene rings is 2. The Labute approximate surface area is 289 Å². The fourth-order valence-corrected chi connectivity index (χ4v) is 8.05. The quantitative estimate of drug-likeness (QED) is 0.172. The van der Waals surface area contributed by atoms with Crippen molar-refractivity contribution in [2.24, 2.45) is 17.6 Å². The number of hydrogen-bond donors (Lipinski definition) is 3. The highest BCUT2D eigenvalue weighted by Gasteiger charge is 2.34. The molecule has 258 valence electrons. The van der Waals surface area contributed by atoms with Gasteiger partial charge in [-0.15, -0.1) is 0 Å². The Morgan fingerprint density at radius 1 is 0.660 bits per heavy atom. The van der Waals surface area contributed by atoms with Crippen LogP contribution in [0.3, 0.4) is 0 Å². The molecule has 2 aromatic carbocycles. The third-order valence-electron chi connectivity index (χ3n) is 10.8. The van der Waals surface area contributed by atoms with E-state index in [0.717, 1.165) is 75.9 Å². The van der Waals surface area contributed by atoms with E-state index in [1.54, 1.807) is 18.2 Å². The maximum atomic E-state index is 13.8. The molecule has 1 aliphatic heterocycles. The molecular formula is C38H42F2N10. The van der Waals surface area contributed by atoms with Crippen LogP contribution in [-0.4, -0.2) is 60.1 Å². The van der Waals surface area contributed by atoms with Gasteiger partial charge in [0.25, 0.3) is 0 Å². The maximum Gasteiger partial charge on any atom is 0.146 e. The Balaban J connectivity index is 0.000000146. The van der Waals surface area contributed by atoms with Gasteiger partial charge in [-0.3, -0.25) is 0 Å². The normalized spacial score (nSPS) is 21.9. The number of hydrogen-bond acceptors (Lipinski definition) is 8. The summed E-state index contributed by atoms with van der Waals surface area (Å²) in [6, 6.07) is 13.9. The lowest BCUT2D eigenvalue weighted by Gasteiger charge is -2.38. The smallest absolute Gasteiger partial charge is 0.146 e. The van der Waals surface area contributed by atoms with E-state index in [4.69, 9.17) is 17.2 Å². The molecule has 10 nitrogen and oxygen atoms in total. The first-order chi connectivity index (χ1) is 24.4. The summed E-state index contributed by atoms with van der Waals surface area (Å²) in [4.78, 5) is 19.8. The Kier molecular flexibility index (Phi) is 8.65. The summed E-state index contributed by atoms with van der Waals surface area (Å²) in [6.07, 6.45) is 14.2. The molecule has 0 radical (unpaired) electrons. The summed E-state index contributed by atoms with van der Waals surface area (Å²) < 4.78 is 31.7.